The minimum Gasteiger partial charge on any atom is -0.325 e. The standard InChI is InChI=1S/C23H17F2N3OS/c24-16-7-5-15(6-8-16)13-21-23(28-20-4-2-1-3-19(20)27-21)30-14-22(29)26-18-11-9-17(25)10-12-18/h1-12H,13-14H2,(H,26,29). The first-order chi connectivity index (χ1) is 14.6. The number of benzene rings is 3. The Hall–Kier alpha value is -3.32. The van der Waals surface area contributed by atoms with Crippen LogP contribution in [0.3, 0.4) is 0 Å². The van der Waals surface area contributed by atoms with Crippen molar-refractivity contribution < 1.29 is 13.6 Å². The number of carbonyl (C=O) groups is 1. The van der Waals surface area contributed by atoms with Gasteiger partial charge < -0.3 is 5.32 Å². The third-order valence-corrected chi connectivity index (χ3v) is 5.37. The first kappa shape index (κ1) is 20.0. The van der Waals surface area contributed by atoms with Gasteiger partial charge in [0.05, 0.1) is 22.5 Å². The van der Waals surface area contributed by atoms with Gasteiger partial charge in [0.2, 0.25) is 5.91 Å². The molecule has 4 nitrogen and oxygen atoms in total. The van der Waals surface area contributed by atoms with Crippen LogP contribution in [0, 0.1) is 11.6 Å². The summed E-state index contributed by atoms with van der Waals surface area (Å²) in [5, 5.41) is 3.38. The summed E-state index contributed by atoms with van der Waals surface area (Å²) in [6.07, 6.45) is 0.472. The maximum atomic E-state index is 13.2. The van der Waals surface area contributed by atoms with Crippen LogP contribution in [0.25, 0.3) is 11.0 Å². The van der Waals surface area contributed by atoms with Crippen LogP contribution in [0.1, 0.15) is 11.3 Å². The number of hydrogen-bond acceptors (Lipinski definition) is 4. The van der Waals surface area contributed by atoms with E-state index in [-0.39, 0.29) is 23.3 Å². The van der Waals surface area contributed by atoms with E-state index < -0.39 is 0 Å². The molecule has 4 rings (SSSR count). The number of amides is 1. The third-order valence-electron chi connectivity index (χ3n) is 4.36. The number of aromatic nitrogens is 2. The summed E-state index contributed by atoms with van der Waals surface area (Å²) in [6, 6.07) is 19.4. The fraction of sp³-hybridized carbons (Fsp3) is 0.0870. The monoisotopic (exact) mass is 421 g/mol. The SMILES string of the molecule is O=C(CSc1nc2ccccc2nc1Cc1ccc(F)cc1)Nc1ccc(F)cc1. The molecule has 150 valence electrons. The lowest BCUT2D eigenvalue weighted by atomic mass is 10.1. The lowest BCUT2D eigenvalue weighted by molar-refractivity contribution is -0.113. The summed E-state index contributed by atoms with van der Waals surface area (Å²) in [5.41, 5.74) is 3.65. The highest BCUT2D eigenvalue weighted by atomic mass is 32.2. The second kappa shape index (κ2) is 9.00. The molecule has 7 heteroatoms. The molecule has 0 unspecified atom stereocenters. The van der Waals surface area contributed by atoms with E-state index in [1.165, 1.54) is 48.2 Å². The highest BCUT2D eigenvalue weighted by Crippen LogP contribution is 2.25. The van der Waals surface area contributed by atoms with E-state index >= 15 is 0 Å². The highest BCUT2D eigenvalue weighted by Gasteiger charge is 2.13. The Bertz CT molecular complexity index is 1180. The van der Waals surface area contributed by atoms with E-state index in [4.69, 9.17) is 4.98 Å². The average molecular weight is 421 g/mol. The summed E-state index contributed by atoms with van der Waals surface area (Å²) in [4.78, 5) is 21.7. The highest BCUT2D eigenvalue weighted by molar-refractivity contribution is 8.00. The minimum atomic E-state index is -0.362. The van der Waals surface area contributed by atoms with E-state index in [0.29, 0.717) is 17.1 Å². The molecule has 30 heavy (non-hydrogen) atoms. The number of thioether (sulfide) groups is 1. The topological polar surface area (TPSA) is 54.9 Å². The number of anilines is 1. The summed E-state index contributed by atoms with van der Waals surface area (Å²) in [7, 11) is 0. The molecule has 0 fully saturated rings. The summed E-state index contributed by atoms with van der Waals surface area (Å²) < 4.78 is 26.2. The zero-order valence-corrected chi connectivity index (χ0v) is 16.6. The molecule has 1 aromatic heterocycles. The molecule has 0 spiro atoms. The van der Waals surface area contributed by atoms with Gasteiger partial charge in [-0.15, -0.1) is 0 Å². The van der Waals surface area contributed by atoms with E-state index in [1.807, 2.05) is 24.3 Å². The van der Waals surface area contributed by atoms with Crippen LogP contribution in [0.15, 0.2) is 77.8 Å². The van der Waals surface area contributed by atoms with Crippen LogP contribution < -0.4 is 5.32 Å². The molecule has 0 radical (unpaired) electrons. The van der Waals surface area contributed by atoms with Gasteiger partial charge in [-0.1, -0.05) is 36.0 Å². The maximum Gasteiger partial charge on any atom is 0.234 e. The van der Waals surface area contributed by atoms with Crippen molar-refractivity contribution in [1.29, 1.82) is 0 Å². The summed E-state index contributed by atoms with van der Waals surface area (Å²) >= 11 is 1.28. The minimum absolute atomic E-state index is 0.126. The Labute approximate surface area is 176 Å². The van der Waals surface area contributed by atoms with Gasteiger partial charge in [0, 0.05) is 12.1 Å². The molecule has 1 heterocycles. The fourth-order valence-electron chi connectivity index (χ4n) is 2.91. The Morgan fingerprint density at radius 3 is 2.10 bits per heavy atom. The number of rotatable bonds is 6. The van der Waals surface area contributed by atoms with Crippen LogP contribution in [-0.4, -0.2) is 21.6 Å². The average Bonchev–Trinajstić information content (AvgIpc) is 2.75. The van der Waals surface area contributed by atoms with Crippen molar-refractivity contribution in [2.45, 2.75) is 11.4 Å². The van der Waals surface area contributed by atoms with E-state index in [2.05, 4.69) is 10.3 Å². The Morgan fingerprint density at radius 2 is 1.43 bits per heavy atom. The lowest BCUT2D eigenvalue weighted by Gasteiger charge is -2.10. The van der Waals surface area contributed by atoms with Crippen molar-refractivity contribution >= 4 is 34.4 Å². The predicted octanol–water partition coefficient (Wildman–Crippen LogP) is 5.23. The second-order valence-corrected chi connectivity index (χ2v) is 7.58. The van der Waals surface area contributed by atoms with Gasteiger partial charge in [0.25, 0.3) is 0 Å². The van der Waals surface area contributed by atoms with Crippen LogP contribution in [-0.2, 0) is 11.2 Å². The quantitative estimate of drug-likeness (QED) is 0.433. The Kier molecular flexibility index (Phi) is 5.99. The first-order valence-electron chi connectivity index (χ1n) is 9.25. The number of para-hydroxylation sites is 2. The maximum absolute atomic E-state index is 13.2. The van der Waals surface area contributed by atoms with Crippen molar-refractivity contribution in [1.82, 2.24) is 9.97 Å². The molecule has 3 aromatic carbocycles. The van der Waals surface area contributed by atoms with Crippen molar-refractivity contribution in [3.05, 3.63) is 95.7 Å². The van der Waals surface area contributed by atoms with Gasteiger partial charge in [-0.3, -0.25) is 4.79 Å². The molecule has 0 saturated heterocycles. The molecular weight excluding hydrogens is 404 g/mol. The molecule has 0 aliphatic rings. The van der Waals surface area contributed by atoms with Crippen molar-refractivity contribution in [2.75, 3.05) is 11.1 Å². The first-order valence-corrected chi connectivity index (χ1v) is 10.2. The van der Waals surface area contributed by atoms with Gasteiger partial charge >= 0.3 is 0 Å². The normalized spacial score (nSPS) is 10.9. The van der Waals surface area contributed by atoms with Gasteiger partial charge in [0.1, 0.15) is 16.7 Å². The fourth-order valence-corrected chi connectivity index (χ4v) is 3.70. The predicted molar refractivity (Wildman–Crippen MR) is 114 cm³/mol. The van der Waals surface area contributed by atoms with Gasteiger partial charge in [-0.05, 0) is 54.1 Å². The Balaban J connectivity index is 1.54. The third kappa shape index (κ3) is 4.99. The van der Waals surface area contributed by atoms with Crippen LogP contribution >= 0.6 is 11.8 Å². The largest absolute Gasteiger partial charge is 0.325 e. The van der Waals surface area contributed by atoms with E-state index in [0.717, 1.165) is 22.3 Å². The summed E-state index contributed by atoms with van der Waals surface area (Å²) in [5.74, 6) is -0.759. The number of fused-ring (bicyclic) bond motifs is 1. The van der Waals surface area contributed by atoms with Gasteiger partial charge in [-0.25, -0.2) is 18.7 Å². The molecular formula is C23H17F2N3OS. The second-order valence-electron chi connectivity index (χ2n) is 6.61. The van der Waals surface area contributed by atoms with Crippen LogP contribution in [0.5, 0.6) is 0 Å². The van der Waals surface area contributed by atoms with Crippen molar-refractivity contribution in [3.63, 3.8) is 0 Å². The van der Waals surface area contributed by atoms with E-state index in [9.17, 15) is 13.6 Å². The number of halogens is 2. The molecule has 0 aliphatic carbocycles. The number of hydrogen-bond donors (Lipinski definition) is 1. The van der Waals surface area contributed by atoms with Crippen LogP contribution in [0.4, 0.5) is 14.5 Å². The van der Waals surface area contributed by atoms with Crippen molar-refractivity contribution in [3.8, 4) is 0 Å². The molecule has 1 N–H and O–H groups in total. The number of nitrogens with zero attached hydrogens (tertiary/aromatic N) is 2. The molecule has 0 bridgehead atoms. The van der Waals surface area contributed by atoms with Crippen LogP contribution in [0.2, 0.25) is 0 Å². The summed E-state index contributed by atoms with van der Waals surface area (Å²) in [6.45, 7) is 0. The van der Waals surface area contributed by atoms with Gasteiger partial charge in [0.15, 0.2) is 0 Å². The zero-order valence-electron chi connectivity index (χ0n) is 15.8. The lowest BCUT2D eigenvalue weighted by Crippen LogP contribution is -2.14. The van der Waals surface area contributed by atoms with E-state index in [1.54, 1.807) is 12.1 Å². The smallest absolute Gasteiger partial charge is 0.234 e. The molecule has 0 atom stereocenters. The number of nitrogens with one attached hydrogen (secondary N) is 1. The number of carbonyl (C=O) groups excluding carboxylic acids is 1. The van der Waals surface area contributed by atoms with Crippen molar-refractivity contribution in [2.24, 2.45) is 0 Å². The molecule has 0 aliphatic heterocycles. The molecule has 0 saturated carbocycles. The molecule has 1 amide bonds. The van der Waals surface area contributed by atoms with Gasteiger partial charge in [-0.2, -0.15) is 0 Å². The zero-order chi connectivity index (χ0) is 20.9. The molecule has 4 aromatic rings. The Morgan fingerprint density at radius 1 is 0.833 bits per heavy atom.